The zero-order chi connectivity index (χ0) is 29.5. The number of carbonyl (C=O) groups excluding carboxylic acids is 1. The lowest BCUT2D eigenvalue weighted by atomic mass is 9.94. The molecule has 1 fully saturated rings. The number of pyridine rings is 3. The second-order valence-corrected chi connectivity index (χ2v) is 10.4. The van der Waals surface area contributed by atoms with Crippen molar-refractivity contribution in [2.75, 3.05) is 7.11 Å². The van der Waals surface area contributed by atoms with Gasteiger partial charge in [0.15, 0.2) is 28.5 Å². The first kappa shape index (κ1) is 27.3. The maximum absolute atomic E-state index is 15.2. The second-order valence-electron chi connectivity index (χ2n) is 10.4. The number of hydrogen-bond acceptors (Lipinski definition) is 6. The van der Waals surface area contributed by atoms with Gasteiger partial charge in [-0.2, -0.15) is 0 Å². The van der Waals surface area contributed by atoms with Crippen molar-refractivity contribution in [2.24, 2.45) is 0 Å². The summed E-state index contributed by atoms with van der Waals surface area (Å²) in [6.45, 7) is 3.58. The number of aromatic nitrogens is 3. The van der Waals surface area contributed by atoms with E-state index < -0.39 is 22.8 Å². The number of carbonyl (C=O) groups is 1. The van der Waals surface area contributed by atoms with Gasteiger partial charge >= 0.3 is 0 Å². The number of ether oxygens (including phenoxy) is 2. The molecule has 0 aliphatic heterocycles. The highest BCUT2D eigenvalue weighted by molar-refractivity contribution is 5.98. The van der Waals surface area contributed by atoms with Gasteiger partial charge in [0.25, 0.3) is 0 Å². The molecule has 0 bridgehead atoms. The van der Waals surface area contributed by atoms with E-state index in [1.54, 1.807) is 43.5 Å². The summed E-state index contributed by atoms with van der Waals surface area (Å²) in [6.07, 6.45) is 4.86. The monoisotopic (exact) mass is 567 g/mol. The van der Waals surface area contributed by atoms with Crippen molar-refractivity contribution in [1.29, 1.82) is 0 Å². The van der Waals surface area contributed by atoms with E-state index in [0.717, 1.165) is 18.5 Å². The molecule has 2 aromatic carbocycles. The average Bonchev–Trinajstić information content (AvgIpc) is 3.81. The maximum atomic E-state index is 15.2. The molecule has 42 heavy (non-hydrogen) atoms. The van der Waals surface area contributed by atoms with Gasteiger partial charge < -0.3 is 14.0 Å². The predicted molar refractivity (Wildman–Crippen MR) is 154 cm³/mol. The van der Waals surface area contributed by atoms with Crippen LogP contribution in [0.25, 0.3) is 22.2 Å². The smallest absolute Gasteiger partial charge is 0.213 e. The van der Waals surface area contributed by atoms with E-state index in [4.69, 9.17) is 9.47 Å². The highest BCUT2D eigenvalue weighted by atomic mass is 19.1. The summed E-state index contributed by atoms with van der Waals surface area (Å²) < 4.78 is 42.0. The molecule has 212 valence electrons. The second kappa shape index (κ2) is 10.8. The number of aryl methyl sites for hydroxylation is 1. The molecule has 6 rings (SSSR count). The van der Waals surface area contributed by atoms with Crippen LogP contribution in [-0.2, 0) is 6.42 Å². The summed E-state index contributed by atoms with van der Waals surface area (Å²) in [4.78, 5) is 35.8. The highest BCUT2D eigenvalue weighted by Gasteiger charge is 2.29. The fourth-order valence-electron chi connectivity index (χ4n) is 5.19. The third kappa shape index (κ3) is 5.13. The zero-order valence-corrected chi connectivity index (χ0v) is 23.3. The number of methoxy groups -OCH3 is 1. The van der Waals surface area contributed by atoms with E-state index in [1.165, 1.54) is 37.6 Å². The Bertz CT molecular complexity index is 1930. The Morgan fingerprint density at radius 3 is 2.55 bits per heavy atom. The van der Waals surface area contributed by atoms with Crippen molar-refractivity contribution in [3.05, 3.63) is 111 Å². The van der Waals surface area contributed by atoms with Gasteiger partial charge in [-0.3, -0.25) is 14.6 Å². The molecule has 3 heterocycles. The van der Waals surface area contributed by atoms with Gasteiger partial charge in [0, 0.05) is 48.2 Å². The van der Waals surface area contributed by atoms with E-state index in [0.29, 0.717) is 44.9 Å². The van der Waals surface area contributed by atoms with Crippen LogP contribution in [0.4, 0.5) is 8.78 Å². The van der Waals surface area contributed by atoms with Crippen LogP contribution >= 0.6 is 0 Å². The van der Waals surface area contributed by atoms with Crippen molar-refractivity contribution >= 4 is 16.8 Å². The summed E-state index contributed by atoms with van der Waals surface area (Å²) in [6, 6.07) is 13.7. The van der Waals surface area contributed by atoms with Crippen molar-refractivity contribution in [3.8, 4) is 28.5 Å². The van der Waals surface area contributed by atoms with Crippen LogP contribution in [0.5, 0.6) is 17.4 Å². The van der Waals surface area contributed by atoms with Crippen molar-refractivity contribution in [3.63, 3.8) is 0 Å². The number of nitrogens with zero attached hydrogens (tertiary/aromatic N) is 3. The minimum Gasteiger partial charge on any atom is -0.481 e. The van der Waals surface area contributed by atoms with Crippen LogP contribution in [0, 0.1) is 25.5 Å². The minimum atomic E-state index is -0.671. The maximum Gasteiger partial charge on any atom is 0.213 e. The quantitative estimate of drug-likeness (QED) is 0.189. The normalized spacial score (nSPS) is 12.9. The Labute approximate surface area is 240 Å². The van der Waals surface area contributed by atoms with E-state index in [-0.39, 0.29) is 23.8 Å². The fourth-order valence-corrected chi connectivity index (χ4v) is 5.19. The molecule has 0 radical (unpaired) electrons. The first-order valence-electron chi connectivity index (χ1n) is 13.5. The standard InChI is InChI=1S/C33H27F2N3O4/c1-18-14-21(34)5-8-23(18)31-19(2)38(22-6-7-22)17-24(33(31)40)27(39)16-20-4-10-28(25(35)15-20)42-29-12-13-36-26-9-11-30(41-3)37-32(26)29/h4-5,8-15,17,22H,6-7,16H2,1-3H3. The van der Waals surface area contributed by atoms with Crippen LogP contribution < -0.4 is 14.9 Å². The van der Waals surface area contributed by atoms with Crippen LogP contribution in [0.3, 0.4) is 0 Å². The Kier molecular flexibility index (Phi) is 7.02. The van der Waals surface area contributed by atoms with Crippen LogP contribution in [0.2, 0.25) is 0 Å². The molecule has 0 atom stereocenters. The number of halogens is 2. The van der Waals surface area contributed by atoms with Gasteiger partial charge in [-0.25, -0.2) is 13.8 Å². The molecule has 0 spiro atoms. The van der Waals surface area contributed by atoms with Crippen LogP contribution in [0.1, 0.15) is 46.1 Å². The first-order chi connectivity index (χ1) is 20.2. The summed E-state index contributed by atoms with van der Waals surface area (Å²) in [7, 11) is 1.49. The molecule has 1 aliphatic carbocycles. The topological polar surface area (TPSA) is 83.3 Å². The van der Waals surface area contributed by atoms with E-state index in [9.17, 15) is 14.0 Å². The average molecular weight is 568 g/mol. The lowest BCUT2D eigenvalue weighted by Crippen LogP contribution is -2.23. The molecule has 0 N–H and O–H groups in total. The fraction of sp³-hybridized carbons (Fsp3) is 0.212. The van der Waals surface area contributed by atoms with Gasteiger partial charge in [-0.1, -0.05) is 12.1 Å². The summed E-state index contributed by atoms with van der Waals surface area (Å²) in [5.41, 5.74) is 3.28. The van der Waals surface area contributed by atoms with Crippen molar-refractivity contribution in [2.45, 2.75) is 39.2 Å². The molecule has 7 nitrogen and oxygen atoms in total. The lowest BCUT2D eigenvalue weighted by Gasteiger charge is -2.18. The highest BCUT2D eigenvalue weighted by Crippen LogP contribution is 2.38. The van der Waals surface area contributed by atoms with Gasteiger partial charge in [0.05, 0.1) is 18.2 Å². The molecule has 0 saturated heterocycles. The number of Topliss-reactive ketones (excluding diaryl/α,β-unsaturated/α-hetero) is 1. The van der Waals surface area contributed by atoms with E-state index >= 15 is 4.39 Å². The minimum absolute atomic E-state index is 0.0234. The molecule has 1 aliphatic rings. The third-order valence-electron chi connectivity index (χ3n) is 7.50. The molecule has 1 saturated carbocycles. The van der Waals surface area contributed by atoms with Gasteiger partial charge in [-0.05, 0) is 73.7 Å². The van der Waals surface area contributed by atoms with Gasteiger partial charge in [0.1, 0.15) is 11.3 Å². The summed E-state index contributed by atoms with van der Waals surface area (Å²) in [5.74, 6) is -0.889. The Morgan fingerprint density at radius 2 is 1.83 bits per heavy atom. The van der Waals surface area contributed by atoms with E-state index in [2.05, 4.69) is 9.97 Å². The van der Waals surface area contributed by atoms with E-state index in [1.807, 2.05) is 11.5 Å². The summed E-state index contributed by atoms with van der Waals surface area (Å²) in [5, 5.41) is 0. The first-order valence-corrected chi connectivity index (χ1v) is 13.5. The molecule has 5 aromatic rings. The van der Waals surface area contributed by atoms with Crippen LogP contribution in [0.15, 0.2) is 71.8 Å². The molecule has 3 aromatic heterocycles. The third-order valence-corrected chi connectivity index (χ3v) is 7.50. The van der Waals surface area contributed by atoms with Crippen molar-refractivity contribution in [1.82, 2.24) is 14.5 Å². The molecule has 9 heteroatoms. The largest absolute Gasteiger partial charge is 0.481 e. The molecule has 0 amide bonds. The van der Waals surface area contributed by atoms with Crippen molar-refractivity contribution < 1.29 is 23.0 Å². The molecule has 0 unspecified atom stereocenters. The number of rotatable bonds is 8. The molecular formula is C33H27F2N3O4. The predicted octanol–water partition coefficient (Wildman–Crippen LogP) is 6.91. The van der Waals surface area contributed by atoms with Gasteiger partial charge in [-0.15, -0.1) is 0 Å². The Morgan fingerprint density at radius 1 is 1.02 bits per heavy atom. The van der Waals surface area contributed by atoms with Gasteiger partial charge in [0.2, 0.25) is 5.88 Å². The number of fused-ring (bicyclic) bond motifs is 1. The molecular weight excluding hydrogens is 540 g/mol. The SMILES string of the molecule is COc1ccc2nccc(Oc3ccc(CC(=O)c4cn(C5CC5)c(C)c(-c5ccc(F)cc5C)c4=O)cc3F)c2n1. The number of ketones is 1. The zero-order valence-electron chi connectivity index (χ0n) is 23.3. The Hall–Kier alpha value is -4.92. The Balaban J connectivity index is 1.31. The number of benzene rings is 2. The number of hydrogen-bond donors (Lipinski definition) is 0. The summed E-state index contributed by atoms with van der Waals surface area (Å²) >= 11 is 0. The van der Waals surface area contributed by atoms with Crippen LogP contribution in [-0.4, -0.2) is 27.4 Å². The lowest BCUT2D eigenvalue weighted by molar-refractivity contribution is 0.0991.